The predicted octanol–water partition coefficient (Wildman–Crippen LogP) is 4.14. The molecule has 0 aliphatic heterocycles. The number of para-hydroxylation sites is 2. The number of nitrogens with one attached hydrogen (secondary N) is 1. The molecule has 1 heterocycles. The quantitative estimate of drug-likeness (QED) is 0.451. The number of likely N-dealkylation sites (N-methyl/N-ethyl adjacent to an activating group) is 1. The Hall–Kier alpha value is -3.44. The van der Waals surface area contributed by atoms with Gasteiger partial charge in [0, 0.05) is 17.3 Å². The smallest absolute Gasteiger partial charge is 0.240 e. The van der Waals surface area contributed by atoms with E-state index in [0.717, 1.165) is 17.5 Å². The fraction of sp³-hybridized carbons (Fsp3) is 0.259. The zero-order valence-corrected chi connectivity index (χ0v) is 18.8. The van der Waals surface area contributed by atoms with Gasteiger partial charge in [0.15, 0.2) is 5.43 Å². The van der Waals surface area contributed by atoms with Crippen LogP contribution in [0.15, 0.2) is 77.6 Å². The van der Waals surface area contributed by atoms with E-state index >= 15 is 0 Å². The maximum absolute atomic E-state index is 13.0. The van der Waals surface area contributed by atoms with Crippen LogP contribution in [0.25, 0.3) is 21.8 Å². The van der Waals surface area contributed by atoms with E-state index in [1.54, 1.807) is 0 Å². The number of carbonyl (C=O) groups excluding carboxylic acids is 1. The Morgan fingerprint density at radius 3 is 2.00 bits per heavy atom. The fourth-order valence-corrected chi connectivity index (χ4v) is 4.23. The lowest BCUT2D eigenvalue weighted by Crippen LogP contribution is -2.36. The summed E-state index contributed by atoms with van der Waals surface area (Å²) in [5.41, 5.74) is 4.01. The van der Waals surface area contributed by atoms with E-state index in [-0.39, 0.29) is 23.9 Å². The van der Waals surface area contributed by atoms with E-state index in [9.17, 15) is 9.59 Å². The lowest BCUT2D eigenvalue weighted by atomic mass is 10.0. The molecular weight excluding hydrogens is 398 g/mol. The van der Waals surface area contributed by atoms with Crippen molar-refractivity contribution in [2.75, 3.05) is 20.6 Å². The normalized spacial score (nSPS) is 12.4. The molecule has 1 N–H and O–H groups in total. The molecule has 1 unspecified atom stereocenters. The highest BCUT2D eigenvalue weighted by atomic mass is 16.2. The van der Waals surface area contributed by atoms with Gasteiger partial charge in [-0.3, -0.25) is 9.59 Å². The summed E-state index contributed by atoms with van der Waals surface area (Å²) in [5, 5.41) is 4.36. The topological polar surface area (TPSA) is 54.3 Å². The Bertz CT molecular complexity index is 1250. The number of nitrogens with zero attached hydrogens (tertiary/aromatic N) is 2. The van der Waals surface area contributed by atoms with Crippen LogP contribution in [0.1, 0.15) is 24.1 Å². The second-order valence-corrected chi connectivity index (χ2v) is 8.33. The fourth-order valence-electron chi connectivity index (χ4n) is 4.23. The number of carbonyl (C=O) groups is 1. The van der Waals surface area contributed by atoms with Gasteiger partial charge in [0.2, 0.25) is 5.91 Å². The van der Waals surface area contributed by atoms with Gasteiger partial charge in [0.05, 0.1) is 17.1 Å². The van der Waals surface area contributed by atoms with Crippen LogP contribution in [0.3, 0.4) is 0 Å². The molecule has 0 fully saturated rings. The molecule has 0 spiro atoms. The predicted molar refractivity (Wildman–Crippen MR) is 131 cm³/mol. The number of aromatic nitrogens is 1. The molecule has 0 aliphatic carbocycles. The average molecular weight is 428 g/mol. The van der Waals surface area contributed by atoms with Crippen LogP contribution in [0.5, 0.6) is 0 Å². The second kappa shape index (κ2) is 9.37. The van der Waals surface area contributed by atoms with Crippen molar-refractivity contribution in [1.82, 2.24) is 14.8 Å². The van der Waals surface area contributed by atoms with Crippen LogP contribution in [0.2, 0.25) is 0 Å². The van der Waals surface area contributed by atoms with E-state index in [4.69, 9.17) is 0 Å². The third kappa shape index (κ3) is 4.30. The molecule has 0 bridgehead atoms. The highest BCUT2D eigenvalue weighted by Crippen LogP contribution is 2.20. The molecule has 5 nitrogen and oxygen atoms in total. The Kier molecular flexibility index (Phi) is 6.37. The molecule has 164 valence electrons. The third-order valence-electron chi connectivity index (χ3n) is 6.07. The average Bonchev–Trinajstić information content (AvgIpc) is 2.82. The van der Waals surface area contributed by atoms with E-state index in [1.807, 2.05) is 67.2 Å². The summed E-state index contributed by atoms with van der Waals surface area (Å²) in [6, 6.07) is 23.6. The summed E-state index contributed by atoms with van der Waals surface area (Å²) in [6.07, 6.45) is 1.00. The Morgan fingerprint density at radius 2 is 1.47 bits per heavy atom. The van der Waals surface area contributed by atoms with Gasteiger partial charge in [0.1, 0.15) is 6.54 Å². The zero-order valence-electron chi connectivity index (χ0n) is 18.8. The van der Waals surface area contributed by atoms with Crippen molar-refractivity contribution in [2.24, 2.45) is 0 Å². The van der Waals surface area contributed by atoms with Crippen molar-refractivity contribution in [1.29, 1.82) is 0 Å². The number of aryl methyl sites for hydroxylation is 1. The first kappa shape index (κ1) is 21.8. The lowest BCUT2D eigenvalue weighted by molar-refractivity contribution is -0.121. The van der Waals surface area contributed by atoms with Crippen LogP contribution in [0, 0.1) is 0 Å². The van der Waals surface area contributed by atoms with Crippen molar-refractivity contribution >= 4 is 27.7 Å². The molecule has 5 heteroatoms. The van der Waals surface area contributed by atoms with Crippen molar-refractivity contribution in [2.45, 2.75) is 25.9 Å². The van der Waals surface area contributed by atoms with Gasteiger partial charge >= 0.3 is 0 Å². The molecular formula is C27H29N3O2. The number of amides is 1. The first-order chi connectivity index (χ1) is 15.5. The van der Waals surface area contributed by atoms with Crippen molar-refractivity contribution in [3.8, 4) is 0 Å². The summed E-state index contributed by atoms with van der Waals surface area (Å²) >= 11 is 0. The monoisotopic (exact) mass is 427 g/mol. The van der Waals surface area contributed by atoms with Crippen LogP contribution in [0.4, 0.5) is 0 Å². The second-order valence-electron chi connectivity index (χ2n) is 8.33. The Balaban J connectivity index is 1.59. The van der Waals surface area contributed by atoms with Gasteiger partial charge in [-0.1, -0.05) is 55.5 Å². The van der Waals surface area contributed by atoms with Gasteiger partial charge < -0.3 is 14.8 Å². The summed E-state index contributed by atoms with van der Waals surface area (Å²) in [4.78, 5) is 28.0. The van der Waals surface area contributed by atoms with Crippen molar-refractivity contribution in [3.63, 3.8) is 0 Å². The van der Waals surface area contributed by atoms with Crippen LogP contribution in [-0.4, -0.2) is 36.0 Å². The highest BCUT2D eigenvalue weighted by molar-refractivity contribution is 5.94. The highest BCUT2D eigenvalue weighted by Gasteiger charge is 2.17. The van der Waals surface area contributed by atoms with Gasteiger partial charge in [-0.15, -0.1) is 0 Å². The zero-order chi connectivity index (χ0) is 22.7. The molecule has 3 aromatic carbocycles. The number of fused-ring (bicyclic) bond motifs is 2. The first-order valence-electron chi connectivity index (χ1n) is 11.0. The summed E-state index contributed by atoms with van der Waals surface area (Å²) in [5.74, 6) is -0.0824. The number of hydrogen-bond donors (Lipinski definition) is 1. The van der Waals surface area contributed by atoms with E-state index < -0.39 is 0 Å². The van der Waals surface area contributed by atoms with Gasteiger partial charge in [-0.05, 0) is 55.9 Å². The summed E-state index contributed by atoms with van der Waals surface area (Å²) < 4.78 is 1.93. The SMILES string of the molecule is CCc1ccc(C(CNC(=O)Cn2c3ccccc3c(=O)c3ccccc32)N(C)C)cc1. The standard InChI is InChI=1S/C27H29N3O2/c1-4-19-13-15-20(16-14-19)25(29(2)3)17-28-26(31)18-30-23-11-7-5-9-21(23)27(32)22-10-6-8-12-24(22)30/h5-16,25H,4,17-18H2,1-3H3,(H,28,31). The molecule has 0 radical (unpaired) electrons. The number of pyridine rings is 1. The van der Waals surface area contributed by atoms with E-state index in [0.29, 0.717) is 17.3 Å². The van der Waals surface area contributed by atoms with Crippen LogP contribution in [-0.2, 0) is 17.8 Å². The number of benzene rings is 3. The molecule has 4 rings (SSSR count). The Labute approximate surface area is 188 Å². The largest absolute Gasteiger partial charge is 0.353 e. The molecule has 0 aliphatic rings. The van der Waals surface area contributed by atoms with Gasteiger partial charge in [0.25, 0.3) is 0 Å². The van der Waals surface area contributed by atoms with Crippen molar-refractivity contribution < 1.29 is 4.79 Å². The van der Waals surface area contributed by atoms with Crippen LogP contribution >= 0.6 is 0 Å². The van der Waals surface area contributed by atoms with E-state index in [2.05, 4.69) is 41.4 Å². The minimum Gasteiger partial charge on any atom is -0.353 e. The maximum atomic E-state index is 13.0. The number of rotatable bonds is 7. The molecule has 1 atom stereocenters. The number of hydrogen-bond acceptors (Lipinski definition) is 3. The Morgan fingerprint density at radius 1 is 0.906 bits per heavy atom. The molecule has 0 saturated heterocycles. The first-order valence-corrected chi connectivity index (χ1v) is 11.0. The summed E-state index contributed by atoms with van der Waals surface area (Å²) in [7, 11) is 4.04. The third-order valence-corrected chi connectivity index (χ3v) is 6.07. The maximum Gasteiger partial charge on any atom is 0.240 e. The molecule has 0 saturated carbocycles. The molecule has 1 aromatic heterocycles. The van der Waals surface area contributed by atoms with E-state index in [1.165, 1.54) is 11.1 Å². The molecule has 32 heavy (non-hydrogen) atoms. The minimum absolute atomic E-state index is 0.00365. The molecule has 1 amide bonds. The minimum atomic E-state index is -0.0824. The molecule has 4 aromatic rings. The van der Waals surface area contributed by atoms with Gasteiger partial charge in [-0.2, -0.15) is 0 Å². The van der Waals surface area contributed by atoms with Crippen molar-refractivity contribution in [3.05, 3.63) is 94.1 Å². The lowest BCUT2D eigenvalue weighted by Gasteiger charge is -2.25. The summed E-state index contributed by atoms with van der Waals surface area (Å²) in [6.45, 7) is 2.80. The van der Waals surface area contributed by atoms with Gasteiger partial charge in [-0.25, -0.2) is 0 Å². The van der Waals surface area contributed by atoms with Crippen LogP contribution < -0.4 is 10.7 Å².